The number of benzene rings is 1. The van der Waals surface area contributed by atoms with E-state index in [1.807, 2.05) is 4.90 Å². The third kappa shape index (κ3) is 3.56. The van der Waals surface area contributed by atoms with Crippen LogP contribution in [0.5, 0.6) is 0 Å². The Balaban J connectivity index is 1.55. The Kier molecular flexibility index (Phi) is 5.23. The zero-order valence-electron chi connectivity index (χ0n) is 15.9. The second-order valence-corrected chi connectivity index (χ2v) is 7.23. The van der Waals surface area contributed by atoms with Crippen LogP contribution >= 0.6 is 0 Å². The van der Waals surface area contributed by atoms with Gasteiger partial charge in [0.1, 0.15) is 11.5 Å². The number of halogens is 1. The van der Waals surface area contributed by atoms with E-state index in [9.17, 15) is 9.18 Å². The summed E-state index contributed by atoms with van der Waals surface area (Å²) in [4.78, 5) is 15.0. The largest absolute Gasteiger partial charge is 0.337 e. The molecule has 3 heterocycles. The molecule has 0 spiro atoms. The SMILES string of the molecule is CCCn1nccc1C(=O)N1CCCC(c2[nH]ncc2-c2ccc(F)cc2)C1. The number of amides is 1. The molecule has 1 unspecified atom stereocenters. The molecule has 0 aliphatic carbocycles. The standard InChI is InChI=1S/C21H24FN5O/c1-2-11-27-19(9-10-24-27)21(28)26-12-3-4-16(14-26)20-18(13-23-25-20)15-5-7-17(22)8-6-15/h5-10,13,16H,2-4,11-12,14H2,1H3,(H,23,25). The summed E-state index contributed by atoms with van der Waals surface area (Å²) in [6.07, 6.45) is 6.31. The normalized spacial score (nSPS) is 17.1. The smallest absolute Gasteiger partial charge is 0.272 e. The number of aromatic amines is 1. The summed E-state index contributed by atoms with van der Waals surface area (Å²) < 4.78 is 15.1. The maximum Gasteiger partial charge on any atom is 0.272 e. The molecule has 1 N–H and O–H groups in total. The first-order valence-corrected chi connectivity index (χ1v) is 9.77. The number of likely N-dealkylation sites (tertiary alicyclic amines) is 1. The first kappa shape index (κ1) is 18.4. The van der Waals surface area contributed by atoms with E-state index in [-0.39, 0.29) is 17.6 Å². The minimum absolute atomic E-state index is 0.0264. The lowest BCUT2D eigenvalue weighted by molar-refractivity contribution is 0.0693. The average molecular weight is 381 g/mol. The fourth-order valence-corrected chi connectivity index (χ4v) is 3.93. The van der Waals surface area contributed by atoms with Crippen molar-refractivity contribution in [3.05, 3.63) is 59.9 Å². The third-order valence-electron chi connectivity index (χ3n) is 5.31. The number of hydrogen-bond donors (Lipinski definition) is 1. The molecular weight excluding hydrogens is 357 g/mol. The van der Waals surface area contributed by atoms with Gasteiger partial charge in [0.05, 0.1) is 6.20 Å². The topological polar surface area (TPSA) is 66.8 Å². The van der Waals surface area contributed by atoms with Gasteiger partial charge in [-0.25, -0.2) is 4.39 Å². The highest BCUT2D eigenvalue weighted by molar-refractivity contribution is 5.92. The molecule has 28 heavy (non-hydrogen) atoms. The van der Waals surface area contributed by atoms with Gasteiger partial charge in [-0.2, -0.15) is 10.2 Å². The number of aromatic nitrogens is 4. The Morgan fingerprint density at radius 1 is 1.29 bits per heavy atom. The van der Waals surface area contributed by atoms with Gasteiger partial charge in [0.2, 0.25) is 0 Å². The first-order valence-electron chi connectivity index (χ1n) is 9.77. The van der Waals surface area contributed by atoms with Crippen LogP contribution in [0.25, 0.3) is 11.1 Å². The van der Waals surface area contributed by atoms with Crippen LogP contribution in [0.3, 0.4) is 0 Å². The molecule has 4 rings (SSSR count). The zero-order valence-corrected chi connectivity index (χ0v) is 15.9. The van der Waals surface area contributed by atoms with Crippen LogP contribution < -0.4 is 0 Å². The average Bonchev–Trinajstić information content (AvgIpc) is 3.38. The van der Waals surface area contributed by atoms with Gasteiger partial charge in [0.15, 0.2) is 0 Å². The van der Waals surface area contributed by atoms with Crippen molar-refractivity contribution in [2.24, 2.45) is 0 Å². The molecule has 146 valence electrons. The quantitative estimate of drug-likeness (QED) is 0.730. The van der Waals surface area contributed by atoms with Crippen molar-refractivity contribution in [2.75, 3.05) is 13.1 Å². The minimum atomic E-state index is -0.257. The third-order valence-corrected chi connectivity index (χ3v) is 5.31. The van der Waals surface area contributed by atoms with Crippen molar-refractivity contribution in [2.45, 2.75) is 38.6 Å². The number of carbonyl (C=O) groups is 1. The van der Waals surface area contributed by atoms with Gasteiger partial charge in [-0.05, 0) is 43.0 Å². The molecule has 2 aromatic heterocycles. The van der Waals surface area contributed by atoms with Crippen LogP contribution in [0.4, 0.5) is 4.39 Å². The Morgan fingerprint density at radius 2 is 2.11 bits per heavy atom. The summed E-state index contributed by atoms with van der Waals surface area (Å²) in [6.45, 7) is 4.18. The summed E-state index contributed by atoms with van der Waals surface area (Å²) in [5.74, 6) is -0.0618. The van der Waals surface area contributed by atoms with E-state index in [1.54, 1.807) is 35.3 Å². The Hall–Kier alpha value is -2.96. The molecule has 7 heteroatoms. The molecule has 3 aromatic rings. The Bertz CT molecular complexity index is 946. The van der Waals surface area contributed by atoms with Crippen LogP contribution in [-0.2, 0) is 6.54 Å². The second kappa shape index (κ2) is 7.96. The summed E-state index contributed by atoms with van der Waals surface area (Å²) >= 11 is 0. The van der Waals surface area contributed by atoms with Crippen molar-refractivity contribution >= 4 is 5.91 Å². The van der Waals surface area contributed by atoms with Crippen LogP contribution in [0.15, 0.2) is 42.7 Å². The Morgan fingerprint density at radius 3 is 2.89 bits per heavy atom. The van der Waals surface area contributed by atoms with Crippen LogP contribution in [-0.4, -0.2) is 43.9 Å². The van der Waals surface area contributed by atoms with E-state index in [2.05, 4.69) is 22.2 Å². The molecule has 6 nitrogen and oxygen atoms in total. The Labute approximate surface area is 163 Å². The van der Waals surface area contributed by atoms with Gasteiger partial charge < -0.3 is 4.90 Å². The monoisotopic (exact) mass is 381 g/mol. The van der Waals surface area contributed by atoms with E-state index in [4.69, 9.17) is 0 Å². The van der Waals surface area contributed by atoms with Crippen molar-refractivity contribution in [3.63, 3.8) is 0 Å². The number of aryl methyl sites for hydroxylation is 1. The zero-order chi connectivity index (χ0) is 19.5. The van der Waals surface area contributed by atoms with E-state index in [0.29, 0.717) is 12.2 Å². The molecular formula is C21H24FN5O. The number of H-pyrrole nitrogens is 1. The van der Waals surface area contributed by atoms with Gasteiger partial charge in [0, 0.05) is 43.0 Å². The van der Waals surface area contributed by atoms with Crippen molar-refractivity contribution in [1.82, 2.24) is 24.9 Å². The molecule has 1 aliphatic heterocycles. The maximum atomic E-state index is 13.3. The first-order chi connectivity index (χ1) is 13.7. The lowest BCUT2D eigenvalue weighted by atomic mass is 9.90. The van der Waals surface area contributed by atoms with E-state index in [0.717, 1.165) is 49.2 Å². The lowest BCUT2D eigenvalue weighted by Gasteiger charge is -2.32. The van der Waals surface area contributed by atoms with Gasteiger partial charge in [-0.1, -0.05) is 19.1 Å². The second-order valence-electron chi connectivity index (χ2n) is 7.23. The molecule has 1 amide bonds. The van der Waals surface area contributed by atoms with Gasteiger partial charge in [-0.3, -0.25) is 14.6 Å². The fourth-order valence-electron chi connectivity index (χ4n) is 3.93. The van der Waals surface area contributed by atoms with Crippen LogP contribution in [0, 0.1) is 5.82 Å². The summed E-state index contributed by atoms with van der Waals surface area (Å²) in [6, 6.07) is 8.23. The van der Waals surface area contributed by atoms with Crippen LogP contribution in [0.1, 0.15) is 48.3 Å². The number of nitrogens with one attached hydrogen (secondary N) is 1. The highest BCUT2D eigenvalue weighted by atomic mass is 19.1. The van der Waals surface area contributed by atoms with Crippen molar-refractivity contribution < 1.29 is 9.18 Å². The molecule has 1 aromatic carbocycles. The van der Waals surface area contributed by atoms with E-state index >= 15 is 0 Å². The fraction of sp³-hybridized carbons (Fsp3) is 0.381. The van der Waals surface area contributed by atoms with E-state index in [1.165, 1.54) is 12.1 Å². The number of hydrogen-bond acceptors (Lipinski definition) is 3. The van der Waals surface area contributed by atoms with E-state index < -0.39 is 0 Å². The lowest BCUT2D eigenvalue weighted by Crippen LogP contribution is -2.40. The molecule has 0 radical (unpaired) electrons. The summed E-state index contributed by atoms with van der Waals surface area (Å²) in [7, 11) is 0. The minimum Gasteiger partial charge on any atom is -0.337 e. The number of carbonyl (C=O) groups excluding carboxylic acids is 1. The van der Waals surface area contributed by atoms with Gasteiger partial charge >= 0.3 is 0 Å². The highest BCUT2D eigenvalue weighted by Gasteiger charge is 2.29. The molecule has 1 saturated heterocycles. The molecule has 0 bridgehead atoms. The molecule has 1 fully saturated rings. The molecule has 1 atom stereocenters. The molecule has 1 aliphatic rings. The van der Waals surface area contributed by atoms with Crippen LogP contribution in [0.2, 0.25) is 0 Å². The summed E-state index contributed by atoms with van der Waals surface area (Å²) in [5.41, 5.74) is 3.54. The number of nitrogens with zero attached hydrogens (tertiary/aromatic N) is 4. The van der Waals surface area contributed by atoms with Crippen molar-refractivity contribution in [3.8, 4) is 11.1 Å². The molecule has 0 saturated carbocycles. The predicted molar refractivity (Wildman–Crippen MR) is 104 cm³/mol. The van der Waals surface area contributed by atoms with Crippen molar-refractivity contribution in [1.29, 1.82) is 0 Å². The van der Waals surface area contributed by atoms with Gasteiger partial charge in [-0.15, -0.1) is 0 Å². The number of rotatable bonds is 5. The highest BCUT2D eigenvalue weighted by Crippen LogP contribution is 2.33. The summed E-state index contributed by atoms with van der Waals surface area (Å²) in [5, 5.41) is 11.6. The van der Waals surface area contributed by atoms with Gasteiger partial charge in [0.25, 0.3) is 5.91 Å². The maximum absolute atomic E-state index is 13.3. The number of piperidine rings is 1. The predicted octanol–water partition coefficient (Wildman–Crippen LogP) is 3.84.